The smallest absolute Gasteiger partial charge is 0.194 e. The second kappa shape index (κ2) is 4.72. The molecule has 98 valence electrons. The Bertz CT molecular complexity index is 542. The number of para-hydroxylation sites is 1. The monoisotopic (exact) mass is 268 g/mol. The zero-order chi connectivity index (χ0) is 13.2. The van der Waals surface area contributed by atoms with E-state index in [1.54, 1.807) is 12.1 Å². The number of aromatic hydroxyl groups is 1. The highest BCUT2D eigenvalue weighted by Crippen LogP contribution is 2.39. The highest BCUT2D eigenvalue weighted by molar-refractivity contribution is 7.93. The summed E-state index contributed by atoms with van der Waals surface area (Å²) in [5.74, 6) is -0.288. The molecule has 18 heavy (non-hydrogen) atoms. The largest absolute Gasteiger partial charge is 0.507 e. The Kier molecular flexibility index (Phi) is 3.43. The molecule has 1 aliphatic rings. The predicted octanol–water partition coefficient (Wildman–Crippen LogP) is 2.07. The normalized spacial score (nSPS) is 19.3. The second-order valence-corrected chi connectivity index (χ2v) is 6.97. The van der Waals surface area contributed by atoms with Gasteiger partial charge in [0.25, 0.3) is 0 Å². The third-order valence-electron chi connectivity index (χ3n) is 3.60. The molecule has 0 heterocycles. The maximum Gasteiger partial charge on any atom is 0.194 e. The molecule has 1 aromatic carbocycles. The molecular formula is C13H16O4S. The van der Waals surface area contributed by atoms with Crippen LogP contribution in [0.15, 0.2) is 29.2 Å². The van der Waals surface area contributed by atoms with Crippen LogP contribution in [0.25, 0.3) is 0 Å². The van der Waals surface area contributed by atoms with Gasteiger partial charge in [-0.05, 0) is 25.0 Å². The SMILES string of the molecule is O=CC1(S(=O)(=O)c2ccccc2O)CCCCC1. The number of phenols is 1. The van der Waals surface area contributed by atoms with E-state index in [0.717, 1.165) is 19.3 Å². The third kappa shape index (κ3) is 1.92. The minimum atomic E-state index is -3.82. The van der Waals surface area contributed by atoms with E-state index in [-0.39, 0.29) is 10.6 Å². The van der Waals surface area contributed by atoms with Gasteiger partial charge in [-0.15, -0.1) is 0 Å². The number of sulfone groups is 1. The molecular weight excluding hydrogens is 252 g/mol. The maximum atomic E-state index is 12.6. The fraction of sp³-hybridized carbons (Fsp3) is 0.462. The zero-order valence-electron chi connectivity index (χ0n) is 10.0. The predicted molar refractivity (Wildman–Crippen MR) is 67.2 cm³/mol. The number of hydrogen-bond acceptors (Lipinski definition) is 4. The number of carbonyl (C=O) groups is 1. The fourth-order valence-electron chi connectivity index (χ4n) is 2.50. The van der Waals surface area contributed by atoms with Gasteiger partial charge in [0.15, 0.2) is 9.84 Å². The first kappa shape index (κ1) is 13.1. The van der Waals surface area contributed by atoms with Crippen LogP contribution in [0, 0.1) is 0 Å². The highest BCUT2D eigenvalue weighted by Gasteiger charge is 2.46. The minimum Gasteiger partial charge on any atom is -0.507 e. The lowest BCUT2D eigenvalue weighted by atomic mass is 9.89. The van der Waals surface area contributed by atoms with Crippen molar-refractivity contribution in [3.63, 3.8) is 0 Å². The van der Waals surface area contributed by atoms with Crippen LogP contribution in [0.4, 0.5) is 0 Å². The lowest BCUT2D eigenvalue weighted by Gasteiger charge is -2.31. The first-order valence-electron chi connectivity index (χ1n) is 6.02. The summed E-state index contributed by atoms with van der Waals surface area (Å²) in [5, 5.41) is 9.69. The lowest BCUT2D eigenvalue weighted by Crippen LogP contribution is -2.42. The Hall–Kier alpha value is -1.36. The number of carbonyl (C=O) groups excluding carboxylic acids is 1. The van der Waals surface area contributed by atoms with Crippen LogP contribution in [0.5, 0.6) is 5.75 Å². The van der Waals surface area contributed by atoms with Gasteiger partial charge in [0, 0.05) is 0 Å². The lowest BCUT2D eigenvalue weighted by molar-refractivity contribution is -0.110. The van der Waals surface area contributed by atoms with Crippen molar-refractivity contribution in [2.75, 3.05) is 0 Å². The molecule has 0 amide bonds. The van der Waals surface area contributed by atoms with Crippen LogP contribution in [-0.4, -0.2) is 24.6 Å². The average Bonchev–Trinajstić information content (AvgIpc) is 2.39. The van der Waals surface area contributed by atoms with Crippen molar-refractivity contribution in [2.24, 2.45) is 0 Å². The van der Waals surface area contributed by atoms with Crippen molar-refractivity contribution in [2.45, 2.75) is 41.7 Å². The maximum absolute atomic E-state index is 12.6. The molecule has 5 heteroatoms. The molecule has 0 spiro atoms. The molecule has 1 saturated carbocycles. The molecule has 1 N–H and O–H groups in total. The summed E-state index contributed by atoms with van der Waals surface area (Å²) in [4.78, 5) is 11.2. The molecule has 1 aromatic rings. The number of phenolic OH excluding ortho intramolecular Hbond substituents is 1. The second-order valence-electron chi connectivity index (χ2n) is 4.71. The van der Waals surface area contributed by atoms with Crippen LogP contribution in [-0.2, 0) is 14.6 Å². The quantitative estimate of drug-likeness (QED) is 0.852. The Balaban J connectivity index is 2.53. The summed E-state index contributed by atoms with van der Waals surface area (Å²) in [6.07, 6.45) is 3.64. The number of rotatable bonds is 3. The molecule has 0 aromatic heterocycles. The first-order valence-corrected chi connectivity index (χ1v) is 7.51. The van der Waals surface area contributed by atoms with Crippen molar-refractivity contribution in [3.8, 4) is 5.75 Å². The Morgan fingerprint density at radius 3 is 2.28 bits per heavy atom. The summed E-state index contributed by atoms with van der Waals surface area (Å²) in [5.41, 5.74) is 0. The van der Waals surface area contributed by atoms with Crippen LogP contribution in [0.1, 0.15) is 32.1 Å². The van der Waals surface area contributed by atoms with Gasteiger partial charge < -0.3 is 9.90 Å². The molecule has 0 saturated heterocycles. The van der Waals surface area contributed by atoms with Crippen LogP contribution in [0.2, 0.25) is 0 Å². The van der Waals surface area contributed by atoms with Crippen molar-refractivity contribution in [3.05, 3.63) is 24.3 Å². The molecule has 2 rings (SSSR count). The highest BCUT2D eigenvalue weighted by atomic mass is 32.2. The first-order chi connectivity index (χ1) is 8.53. The standard InChI is InChI=1S/C13H16O4S/c14-10-13(8-4-1-5-9-13)18(16,17)12-7-3-2-6-11(12)15/h2-3,6-7,10,15H,1,4-5,8-9H2. The van der Waals surface area contributed by atoms with Crippen molar-refractivity contribution in [1.29, 1.82) is 0 Å². The van der Waals surface area contributed by atoms with Crippen LogP contribution >= 0.6 is 0 Å². The summed E-state index contributed by atoms with van der Waals surface area (Å²) in [6, 6.07) is 5.79. The van der Waals surface area contributed by atoms with Gasteiger partial charge in [0.05, 0.1) is 0 Å². The van der Waals surface area contributed by atoms with E-state index < -0.39 is 14.6 Å². The van der Waals surface area contributed by atoms with E-state index >= 15 is 0 Å². The van der Waals surface area contributed by atoms with Crippen LogP contribution < -0.4 is 0 Å². The molecule has 0 atom stereocenters. The Morgan fingerprint density at radius 2 is 1.72 bits per heavy atom. The van der Waals surface area contributed by atoms with Gasteiger partial charge in [-0.3, -0.25) is 0 Å². The molecule has 0 unspecified atom stereocenters. The van der Waals surface area contributed by atoms with Crippen LogP contribution in [0.3, 0.4) is 0 Å². The van der Waals surface area contributed by atoms with Gasteiger partial charge in [0.2, 0.25) is 0 Å². The summed E-state index contributed by atoms with van der Waals surface area (Å²) in [7, 11) is -3.82. The Labute approximate surface area is 107 Å². The molecule has 0 radical (unpaired) electrons. The van der Waals surface area contributed by atoms with E-state index in [1.807, 2.05) is 0 Å². The average molecular weight is 268 g/mol. The van der Waals surface area contributed by atoms with Crippen molar-refractivity contribution in [1.82, 2.24) is 0 Å². The van der Waals surface area contributed by atoms with Crippen molar-refractivity contribution < 1.29 is 18.3 Å². The molecule has 0 aliphatic heterocycles. The Morgan fingerprint density at radius 1 is 1.11 bits per heavy atom. The van der Waals surface area contributed by atoms with Gasteiger partial charge >= 0.3 is 0 Å². The number of benzene rings is 1. The van der Waals surface area contributed by atoms with Gasteiger partial charge in [-0.1, -0.05) is 31.4 Å². The van der Waals surface area contributed by atoms with E-state index in [4.69, 9.17) is 0 Å². The van der Waals surface area contributed by atoms with E-state index in [9.17, 15) is 18.3 Å². The molecule has 1 fully saturated rings. The van der Waals surface area contributed by atoms with E-state index in [0.29, 0.717) is 19.1 Å². The summed E-state index contributed by atoms with van der Waals surface area (Å²) in [6.45, 7) is 0. The minimum absolute atomic E-state index is 0.140. The van der Waals surface area contributed by atoms with E-state index in [2.05, 4.69) is 0 Å². The van der Waals surface area contributed by atoms with Gasteiger partial charge in [0.1, 0.15) is 21.7 Å². The van der Waals surface area contributed by atoms with Gasteiger partial charge in [-0.2, -0.15) is 0 Å². The van der Waals surface area contributed by atoms with E-state index in [1.165, 1.54) is 12.1 Å². The topological polar surface area (TPSA) is 71.4 Å². The number of hydrogen-bond donors (Lipinski definition) is 1. The summed E-state index contributed by atoms with van der Waals surface area (Å²) >= 11 is 0. The third-order valence-corrected chi connectivity index (χ3v) is 6.10. The fourth-order valence-corrected chi connectivity index (χ4v) is 4.50. The van der Waals surface area contributed by atoms with Crippen molar-refractivity contribution >= 4 is 16.1 Å². The number of aldehydes is 1. The van der Waals surface area contributed by atoms with Gasteiger partial charge in [-0.25, -0.2) is 8.42 Å². The molecule has 0 bridgehead atoms. The molecule has 1 aliphatic carbocycles. The zero-order valence-corrected chi connectivity index (χ0v) is 10.8. The molecule has 4 nitrogen and oxygen atoms in total. The summed E-state index contributed by atoms with van der Waals surface area (Å²) < 4.78 is 23.8.